The van der Waals surface area contributed by atoms with Crippen LogP contribution in [0.1, 0.15) is 35.4 Å². The van der Waals surface area contributed by atoms with Crippen molar-refractivity contribution in [3.05, 3.63) is 44.8 Å². The van der Waals surface area contributed by atoms with E-state index in [0.29, 0.717) is 5.92 Å². The summed E-state index contributed by atoms with van der Waals surface area (Å²) < 4.78 is 0. The van der Waals surface area contributed by atoms with E-state index >= 15 is 0 Å². The fourth-order valence-corrected chi connectivity index (χ4v) is 3.53. The average molecular weight is 222 g/mol. The van der Waals surface area contributed by atoms with Crippen LogP contribution in [0.4, 0.5) is 0 Å². The zero-order chi connectivity index (χ0) is 9.80. The zero-order valence-corrected chi connectivity index (χ0v) is 9.91. The molecule has 0 aliphatic heterocycles. The Morgan fingerprint density at radius 1 is 1.07 bits per heavy atom. The largest absolute Gasteiger partial charge is 0.148 e. The van der Waals surface area contributed by atoms with E-state index in [-0.39, 0.29) is 0 Å². The summed E-state index contributed by atoms with van der Waals surface area (Å²) >= 11 is 3.75. The van der Waals surface area contributed by atoms with Crippen LogP contribution in [0.3, 0.4) is 0 Å². The summed E-state index contributed by atoms with van der Waals surface area (Å²) in [6.07, 6.45) is 2.52. The van der Waals surface area contributed by atoms with Gasteiger partial charge in [-0.15, -0.1) is 22.7 Å². The SMILES string of the molecule is CCCC(c1cccs1)c1cccs1. The second-order valence-electron chi connectivity index (χ2n) is 3.37. The van der Waals surface area contributed by atoms with Gasteiger partial charge in [-0.1, -0.05) is 25.5 Å². The Kier molecular flexibility index (Phi) is 3.38. The maximum Gasteiger partial charge on any atom is 0.0277 e. The average Bonchev–Trinajstić information content (AvgIpc) is 2.87. The highest BCUT2D eigenvalue weighted by Gasteiger charge is 2.14. The Hall–Kier alpha value is -0.600. The molecule has 0 spiro atoms. The van der Waals surface area contributed by atoms with Crippen LogP contribution < -0.4 is 0 Å². The lowest BCUT2D eigenvalue weighted by Crippen LogP contribution is -1.95. The van der Waals surface area contributed by atoms with Crippen molar-refractivity contribution >= 4 is 22.7 Å². The van der Waals surface area contributed by atoms with Crippen LogP contribution in [0.25, 0.3) is 0 Å². The van der Waals surface area contributed by atoms with Gasteiger partial charge in [0, 0.05) is 15.7 Å². The van der Waals surface area contributed by atoms with Crippen LogP contribution in [-0.2, 0) is 0 Å². The summed E-state index contributed by atoms with van der Waals surface area (Å²) in [5.41, 5.74) is 0. The normalized spacial score (nSPS) is 11.0. The number of hydrogen-bond acceptors (Lipinski definition) is 2. The highest BCUT2D eigenvalue weighted by Crippen LogP contribution is 2.34. The highest BCUT2D eigenvalue weighted by molar-refractivity contribution is 7.11. The summed E-state index contributed by atoms with van der Waals surface area (Å²) in [5, 5.41) is 4.34. The molecule has 2 rings (SSSR count). The molecule has 2 aromatic rings. The van der Waals surface area contributed by atoms with Gasteiger partial charge in [-0.2, -0.15) is 0 Å². The molecule has 0 bridgehead atoms. The van der Waals surface area contributed by atoms with Gasteiger partial charge < -0.3 is 0 Å². The molecule has 0 nitrogen and oxygen atoms in total. The molecule has 0 fully saturated rings. The quantitative estimate of drug-likeness (QED) is 0.701. The smallest absolute Gasteiger partial charge is 0.0277 e. The molecule has 74 valence electrons. The summed E-state index contributed by atoms with van der Waals surface area (Å²) in [6, 6.07) is 8.81. The third-order valence-corrected chi connectivity index (χ3v) is 4.32. The van der Waals surface area contributed by atoms with E-state index in [4.69, 9.17) is 0 Å². The molecular weight excluding hydrogens is 208 g/mol. The standard InChI is InChI=1S/C12H14S2/c1-2-5-10(11-6-3-8-13-11)12-7-4-9-14-12/h3-4,6-10H,2,5H2,1H3. The van der Waals surface area contributed by atoms with E-state index in [0.717, 1.165) is 0 Å². The van der Waals surface area contributed by atoms with Gasteiger partial charge in [-0.05, 0) is 29.3 Å². The lowest BCUT2D eigenvalue weighted by Gasteiger charge is -2.11. The van der Waals surface area contributed by atoms with Gasteiger partial charge in [0.05, 0.1) is 0 Å². The highest BCUT2D eigenvalue weighted by atomic mass is 32.1. The van der Waals surface area contributed by atoms with E-state index in [2.05, 4.69) is 41.9 Å². The Morgan fingerprint density at radius 2 is 1.64 bits per heavy atom. The zero-order valence-electron chi connectivity index (χ0n) is 8.27. The maximum absolute atomic E-state index is 2.26. The minimum atomic E-state index is 0.639. The third-order valence-electron chi connectivity index (χ3n) is 2.35. The number of rotatable bonds is 4. The predicted molar refractivity (Wildman–Crippen MR) is 65.4 cm³/mol. The first-order valence-electron chi connectivity index (χ1n) is 4.98. The Morgan fingerprint density at radius 3 is 2.00 bits per heavy atom. The Bertz CT molecular complexity index is 311. The molecule has 0 atom stereocenters. The van der Waals surface area contributed by atoms with E-state index in [1.165, 1.54) is 22.6 Å². The van der Waals surface area contributed by atoms with Gasteiger partial charge >= 0.3 is 0 Å². The van der Waals surface area contributed by atoms with Crippen LogP contribution in [0.2, 0.25) is 0 Å². The molecule has 0 saturated heterocycles. The van der Waals surface area contributed by atoms with Gasteiger partial charge in [-0.25, -0.2) is 0 Å². The molecule has 2 aromatic heterocycles. The minimum absolute atomic E-state index is 0.639. The fourth-order valence-electron chi connectivity index (χ4n) is 1.69. The lowest BCUT2D eigenvalue weighted by atomic mass is 10.0. The summed E-state index contributed by atoms with van der Waals surface area (Å²) in [5.74, 6) is 0.639. The summed E-state index contributed by atoms with van der Waals surface area (Å²) in [7, 11) is 0. The maximum atomic E-state index is 2.26. The molecule has 0 N–H and O–H groups in total. The second kappa shape index (κ2) is 4.76. The van der Waals surface area contributed by atoms with Crippen molar-refractivity contribution in [3.8, 4) is 0 Å². The fraction of sp³-hybridized carbons (Fsp3) is 0.333. The van der Waals surface area contributed by atoms with Crippen LogP contribution in [-0.4, -0.2) is 0 Å². The third kappa shape index (κ3) is 2.07. The van der Waals surface area contributed by atoms with Gasteiger partial charge in [0.25, 0.3) is 0 Å². The second-order valence-corrected chi connectivity index (χ2v) is 5.33. The van der Waals surface area contributed by atoms with Crippen LogP contribution in [0.5, 0.6) is 0 Å². The molecule has 2 heterocycles. The number of hydrogen-bond donors (Lipinski definition) is 0. The van der Waals surface area contributed by atoms with Crippen molar-refractivity contribution in [2.75, 3.05) is 0 Å². The minimum Gasteiger partial charge on any atom is -0.148 e. The molecule has 0 aliphatic rings. The van der Waals surface area contributed by atoms with Crippen LogP contribution in [0.15, 0.2) is 35.0 Å². The molecule has 0 saturated carbocycles. The van der Waals surface area contributed by atoms with Crippen molar-refractivity contribution in [2.45, 2.75) is 25.7 Å². The van der Waals surface area contributed by atoms with Gasteiger partial charge in [-0.3, -0.25) is 0 Å². The van der Waals surface area contributed by atoms with Crippen molar-refractivity contribution in [1.29, 1.82) is 0 Å². The molecule has 14 heavy (non-hydrogen) atoms. The topological polar surface area (TPSA) is 0 Å². The van der Waals surface area contributed by atoms with Crippen molar-refractivity contribution in [2.24, 2.45) is 0 Å². The van der Waals surface area contributed by atoms with Gasteiger partial charge in [0.2, 0.25) is 0 Å². The Labute approximate surface area is 93.2 Å². The molecule has 0 radical (unpaired) electrons. The monoisotopic (exact) mass is 222 g/mol. The van der Waals surface area contributed by atoms with Crippen LogP contribution >= 0.6 is 22.7 Å². The van der Waals surface area contributed by atoms with E-state index in [9.17, 15) is 0 Å². The molecule has 0 aromatic carbocycles. The summed E-state index contributed by atoms with van der Waals surface area (Å²) in [6.45, 7) is 2.26. The first-order chi connectivity index (χ1) is 6.92. The van der Waals surface area contributed by atoms with Gasteiger partial charge in [0.15, 0.2) is 0 Å². The van der Waals surface area contributed by atoms with Crippen molar-refractivity contribution < 1.29 is 0 Å². The lowest BCUT2D eigenvalue weighted by molar-refractivity contribution is 0.718. The first-order valence-corrected chi connectivity index (χ1v) is 6.74. The number of thiophene rings is 2. The van der Waals surface area contributed by atoms with Crippen molar-refractivity contribution in [1.82, 2.24) is 0 Å². The molecule has 2 heteroatoms. The van der Waals surface area contributed by atoms with Crippen LogP contribution in [0, 0.1) is 0 Å². The molecule has 0 aliphatic carbocycles. The van der Waals surface area contributed by atoms with Gasteiger partial charge in [0.1, 0.15) is 0 Å². The molecular formula is C12H14S2. The van der Waals surface area contributed by atoms with Crippen molar-refractivity contribution in [3.63, 3.8) is 0 Å². The summed E-state index contributed by atoms with van der Waals surface area (Å²) in [4.78, 5) is 3.02. The van der Waals surface area contributed by atoms with E-state index in [1.807, 2.05) is 22.7 Å². The predicted octanol–water partition coefficient (Wildman–Crippen LogP) is 4.74. The molecule has 0 amide bonds. The Balaban J connectivity index is 2.25. The first kappa shape index (κ1) is 9.94. The van der Waals surface area contributed by atoms with E-state index < -0.39 is 0 Å². The molecule has 0 unspecified atom stereocenters. The van der Waals surface area contributed by atoms with E-state index in [1.54, 1.807) is 0 Å².